The number of hydrogen-bond acceptors (Lipinski definition) is 5. The van der Waals surface area contributed by atoms with Crippen molar-refractivity contribution in [1.29, 1.82) is 0 Å². The van der Waals surface area contributed by atoms with Gasteiger partial charge in [-0.1, -0.05) is 30.3 Å². The number of aliphatic hydroxyl groups is 1. The summed E-state index contributed by atoms with van der Waals surface area (Å²) in [6, 6.07) is 6.75. The van der Waals surface area contributed by atoms with Gasteiger partial charge in [-0.3, -0.25) is 14.4 Å². The molecule has 10 nitrogen and oxygen atoms in total. The molecule has 10 heteroatoms. The van der Waals surface area contributed by atoms with Gasteiger partial charge in [0.25, 0.3) is 5.91 Å². The number of aliphatic hydroxyl groups excluding tert-OH is 1. The number of nitrogens with one attached hydrogen (secondary N) is 4. The van der Waals surface area contributed by atoms with E-state index in [-0.39, 0.29) is 24.8 Å². The summed E-state index contributed by atoms with van der Waals surface area (Å²) in [5, 5.41) is 30.0. The minimum atomic E-state index is -1.56. The third-order valence-corrected chi connectivity index (χ3v) is 5.50. The van der Waals surface area contributed by atoms with Gasteiger partial charge < -0.3 is 31.5 Å². The first-order valence-electron chi connectivity index (χ1n) is 10.4. The number of hydrogen-bond donors (Lipinski definition) is 6. The largest absolute Gasteiger partial charge is 0.465 e. The van der Waals surface area contributed by atoms with Gasteiger partial charge in [0.15, 0.2) is 6.10 Å². The fraction of sp³-hybridized carbons (Fsp3) is 0.524. The highest BCUT2D eigenvalue weighted by Gasteiger charge is 2.37. The zero-order valence-corrected chi connectivity index (χ0v) is 17.0. The summed E-state index contributed by atoms with van der Waals surface area (Å²) in [7, 11) is 0. The van der Waals surface area contributed by atoms with Crippen molar-refractivity contribution >= 4 is 23.8 Å². The second-order valence-electron chi connectivity index (χ2n) is 8.05. The van der Waals surface area contributed by atoms with E-state index in [1.165, 1.54) is 0 Å². The molecule has 1 heterocycles. The Morgan fingerprint density at radius 1 is 1.06 bits per heavy atom. The van der Waals surface area contributed by atoms with Crippen molar-refractivity contribution in [2.24, 2.45) is 5.92 Å². The minimum Gasteiger partial charge on any atom is -0.465 e. The zero-order chi connectivity index (χ0) is 22.4. The summed E-state index contributed by atoms with van der Waals surface area (Å²) < 4.78 is 0. The van der Waals surface area contributed by atoms with Gasteiger partial charge in [-0.25, -0.2) is 4.79 Å². The monoisotopic (exact) mass is 432 g/mol. The summed E-state index contributed by atoms with van der Waals surface area (Å²) in [5.74, 6) is -1.93. The fourth-order valence-corrected chi connectivity index (χ4v) is 3.63. The summed E-state index contributed by atoms with van der Waals surface area (Å²) >= 11 is 0. The number of benzene rings is 1. The molecule has 1 saturated heterocycles. The summed E-state index contributed by atoms with van der Waals surface area (Å²) in [6.07, 6.45) is -0.551. The third kappa shape index (κ3) is 6.68. The number of carbonyl (C=O) groups excluding carboxylic acids is 3. The molecule has 3 rings (SSSR count). The molecule has 1 unspecified atom stereocenters. The molecule has 1 aromatic rings. The summed E-state index contributed by atoms with van der Waals surface area (Å²) in [5.41, 5.74) is 0.746. The molecule has 1 saturated carbocycles. The Hall–Kier alpha value is -3.14. The zero-order valence-electron chi connectivity index (χ0n) is 17.0. The van der Waals surface area contributed by atoms with Gasteiger partial charge in [-0.05, 0) is 31.2 Å². The van der Waals surface area contributed by atoms with Crippen LogP contribution >= 0.6 is 0 Å². The van der Waals surface area contributed by atoms with Crippen molar-refractivity contribution in [1.82, 2.24) is 21.3 Å². The van der Waals surface area contributed by atoms with Crippen LogP contribution in [0.5, 0.6) is 0 Å². The van der Waals surface area contributed by atoms with Crippen LogP contribution in [0, 0.1) is 5.92 Å². The topological polar surface area (TPSA) is 157 Å². The molecular formula is C21H28N4O6. The van der Waals surface area contributed by atoms with Crippen LogP contribution in [-0.4, -0.2) is 64.8 Å². The lowest BCUT2D eigenvalue weighted by Gasteiger charge is -2.27. The van der Waals surface area contributed by atoms with Crippen molar-refractivity contribution in [3.05, 3.63) is 35.9 Å². The van der Waals surface area contributed by atoms with E-state index >= 15 is 0 Å². The minimum absolute atomic E-state index is 0.0211. The second-order valence-corrected chi connectivity index (χ2v) is 8.05. The SMILES string of the molecule is O=C(O)N[C@@H](Cc1ccccc1)C(=O)N[C@@H](C[C@@H]1CCNC1=O)C(O)C(=O)NC1CC1. The van der Waals surface area contributed by atoms with Crippen molar-refractivity contribution in [3.63, 3.8) is 0 Å². The lowest BCUT2D eigenvalue weighted by Crippen LogP contribution is -2.56. The first-order chi connectivity index (χ1) is 14.8. The lowest BCUT2D eigenvalue weighted by molar-refractivity contribution is -0.134. The highest BCUT2D eigenvalue weighted by Crippen LogP contribution is 2.21. The number of rotatable bonds is 10. The number of carbonyl (C=O) groups is 4. The van der Waals surface area contributed by atoms with Crippen molar-refractivity contribution in [2.75, 3.05) is 6.54 Å². The van der Waals surface area contributed by atoms with E-state index in [1.807, 2.05) is 0 Å². The Kier molecular flexibility index (Phi) is 7.45. The van der Waals surface area contributed by atoms with Gasteiger partial charge in [-0.2, -0.15) is 0 Å². The van der Waals surface area contributed by atoms with E-state index in [0.717, 1.165) is 18.4 Å². The van der Waals surface area contributed by atoms with E-state index in [4.69, 9.17) is 5.11 Å². The van der Waals surface area contributed by atoms with Gasteiger partial charge in [0.2, 0.25) is 11.8 Å². The molecule has 2 aliphatic rings. The van der Waals surface area contributed by atoms with E-state index in [0.29, 0.717) is 13.0 Å². The predicted octanol–water partition coefficient (Wildman–Crippen LogP) is -0.484. The van der Waals surface area contributed by atoms with E-state index in [1.54, 1.807) is 30.3 Å². The van der Waals surface area contributed by atoms with Crippen LogP contribution in [-0.2, 0) is 20.8 Å². The molecule has 6 N–H and O–H groups in total. The van der Waals surface area contributed by atoms with Crippen LogP contribution in [0.3, 0.4) is 0 Å². The van der Waals surface area contributed by atoms with Gasteiger partial charge in [0.05, 0.1) is 6.04 Å². The van der Waals surface area contributed by atoms with Crippen molar-refractivity contribution in [2.45, 2.75) is 56.3 Å². The van der Waals surface area contributed by atoms with Crippen molar-refractivity contribution in [3.8, 4) is 0 Å². The molecule has 4 amide bonds. The average Bonchev–Trinajstić information content (AvgIpc) is 3.46. The Balaban J connectivity index is 1.72. The maximum atomic E-state index is 12.9. The molecule has 1 aromatic carbocycles. The molecule has 168 valence electrons. The molecule has 0 bridgehead atoms. The smallest absolute Gasteiger partial charge is 0.405 e. The molecule has 0 radical (unpaired) electrons. The third-order valence-electron chi connectivity index (χ3n) is 5.50. The number of amides is 4. The van der Waals surface area contributed by atoms with Crippen molar-refractivity contribution < 1.29 is 29.4 Å². The van der Waals surface area contributed by atoms with Crippen LogP contribution < -0.4 is 21.3 Å². The predicted molar refractivity (Wildman–Crippen MR) is 110 cm³/mol. The molecule has 1 aliphatic heterocycles. The molecule has 0 aromatic heterocycles. The van der Waals surface area contributed by atoms with Gasteiger partial charge >= 0.3 is 6.09 Å². The first kappa shape index (κ1) is 22.5. The molecule has 2 fully saturated rings. The van der Waals surface area contributed by atoms with E-state index in [9.17, 15) is 24.3 Å². The van der Waals surface area contributed by atoms with Crippen LogP contribution in [0.1, 0.15) is 31.2 Å². The second kappa shape index (κ2) is 10.3. The molecule has 0 spiro atoms. The molecule has 1 aliphatic carbocycles. The van der Waals surface area contributed by atoms with Gasteiger partial charge in [0, 0.05) is 24.9 Å². The van der Waals surface area contributed by atoms with Crippen LogP contribution in [0.2, 0.25) is 0 Å². The van der Waals surface area contributed by atoms with Crippen LogP contribution in [0.4, 0.5) is 4.79 Å². The highest BCUT2D eigenvalue weighted by atomic mass is 16.4. The highest BCUT2D eigenvalue weighted by molar-refractivity contribution is 5.88. The molecule has 4 atom stereocenters. The fourth-order valence-electron chi connectivity index (χ4n) is 3.63. The standard InChI is InChI=1S/C21H28N4O6/c26-17(20(29)23-14-6-7-14)15(11-13-8-9-22-18(13)27)24-19(28)16(25-21(30)31)10-12-4-2-1-3-5-12/h1-5,13-17,25-26H,6-11H2,(H,22,27)(H,23,29)(H,24,28)(H,30,31)/t13-,15-,16-,17?/m0/s1. The van der Waals surface area contributed by atoms with E-state index < -0.39 is 42.0 Å². The molecular weight excluding hydrogens is 404 g/mol. The van der Waals surface area contributed by atoms with Gasteiger partial charge in [-0.15, -0.1) is 0 Å². The maximum absolute atomic E-state index is 12.9. The number of carboxylic acid groups (broad SMARTS) is 1. The van der Waals surface area contributed by atoms with Crippen LogP contribution in [0.25, 0.3) is 0 Å². The Morgan fingerprint density at radius 2 is 1.77 bits per heavy atom. The summed E-state index contributed by atoms with van der Waals surface area (Å²) in [4.78, 5) is 48.5. The Bertz CT molecular complexity index is 813. The van der Waals surface area contributed by atoms with Gasteiger partial charge in [0.1, 0.15) is 6.04 Å². The lowest BCUT2D eigenvalue weighted by atomic mass is 9.94. The maximum Gasteiger partial charge on any atom is 0.405 e. The van der Waals surface area contributed by atoms with Crippen LogP contribution in [0.15, 0.2) is 30.3 Å². The summed E-state index contributed by atoms with van der Waals surface area (Å²) in [6.45, 7) is 0.492. The first-order valence-corrected chi connectivity index (χ1v) is 10.4. The normalized spacial score (nSPS) is 20.8. The van der Waals surface area contributed by atoms with E-state index in [2.05, 4.69) is 21.3 Å². The quantitative estimate of drug-likeness (QED) is 0.293. The average molecular weight is 432 g/mol. The Morgan fingerprint density at radius 3 is 2.35 bits per heavy atom. The molecule has 31 heavy (non-hydrogen) atoms. The Labute approximate surface area is 179 Å².